The van der Waals surface area contributed by atoms with Gasteiger partial charge in [0.2, 0.25) is 5.91 Å². The maximum absolute atomic E-state index is 12.0. The van der Waals surface area contributed by atoms with Crippen LogP contribution in [0.3, 0.4) is 0 Å². The van der Waals surface area contributed by atoms with E-state index in [0.29, 0.717) is 18.9 Å². The van der Waals surface area contributed by atoms with E-state index in [4.69, 9.17) is 4.74 Å². The molecule has 0 spiro atoms. The van der Waals surface area contributed by atoms with Crippen LogP contribution in [0.1, 0.15) is 51.4 Å². The van der Waals surface area contributed by atoms with Crippen molar-refractivity contribution in [1.82, 2.24) is 5.32 Å². The number of alkyl halides is 1. The van der Waals surface area contributed by atoms with E-state index in [0.717, 1.165) is 11.8 Å². The lowest BCUT2D eigenvalue weighted by Crippen LogP contribution is -2.39. The van der Waals surface area contributed by atoms with E-state index in [1.54, 1.807) is 7.11 Å². The van der Waals surface area contributed by atoms with Crippen molar-refractivity contribution in [2.24, 2.45) is 5.92 Å². The predicted molar refractivity (Wildman–Crippen MR) is 78.0 cm³/mol. The number of carbonyl (C=O) groups excluding carboxylic acids is 1. The highest BCUT2D eigenvalue weighted by atomic mass is 79.9. The summed E-state index contributed by atoms with van der Waals surface area (Å²) in [4.78, 5) is 12.0. The minimum atomic E-state index is 0.146. The number of hydrogen-bond acceptors (Lipinski definition) is 2. The van der Waals surface area contributed by atoms with Gasteiger partial charge >= 0.3 is 0 Å². The van der Waals surface area contributed by atoms with Crippen LogP contribution in [0.15, 0.2) is 0 Å². The monoisotopic (exact) mass is 319 g/mol. The van der Waals surface area contributed by atoms with Gasteiger partial charge in [-0.3, -0.25) is 4.79 Å². The van der Waals surface area contributed by atoms with E-state index in [1.165, 1.54) is 38.5 Å². The summed E-state index contributed by atoms with van der Waals surface area (Å²) in [6.07, 6.45) is 9.33. The molecule has 1 rings (SSSR count). The molecule has 1 amide bonds. The Bertz CT molecular complexity index is 216. The fourth-order valence-corrected chi connectivity index (χ4v) is 3.20. The third-order valence-electron chi connectivity index (χ3n) is 3.64. The SMILES string of the molecule is COCC(CCBr)NC(=O)CC1CCCCCC1. The summed E-state index contributed by atoms with van der Waals surface area (Å²) in [6, 6.07) is 0.146. The summed E-state index contributed by atoms with van der Waals surface area (Å²) in [6.45, 7) is 0.599. The molecule has 1 aliphatic rings. The molecule has 1 N–H and O–H groups in total. The van der Waals surface area contributed by atoms with Gasteiger partial charge in [-0.05, 0) is 25.2 Å². The highest BCUT2D eigenvalue weighted by Crippen LogP contribution is 2.25. The van der Waals surface area contributed by atoms with Crippen LogP contribution in [-0.4, -0.2) is 31.0 Å². The van der Waals surface area contributed by atoms with E-state index in [9.17, 15) is 4.79 Å². The Morgan fingerprint density at radius 2 is 2.00 bits per heavy atom. The molecule has 0 saturated heterocycles. The Hall–Kier alpha value is -0.0900. The normalized spacial score (nSPS) is 19.2. The quantitative estimate of drug-likeness (QED) is 0.577. The second-order valence-corrected chi connectivity index (χ2v) is 6.05. The lowest BCUT2D eigenvalue weighted by atomic mass is 9.96. The van der Waals surface area contributed by atoms with Gasteiger partial charge in [0.15, 0.2) is 0 Å². The smallest absolute Gasteiger partial charge is 0.220 e. The summed E-state index contributed by atoms with van der Waals surface area (Å²) in [5.41, 5.74) is 0. The molecule has 0 heterocycles. The standard InChI is InChI=1S/C14H26BrNO2/c1-18-11-13(8-9-15)16-14(17)10-12-6-4-2-3-5-7-12/h12-13H,2-11H2,1H3,(H,16,17). The molecule has 0 aliphatic heterocycles. The van der Waals surface area contributed by atoms with E-state index >= 15 is 0 Å². The Balaban J connectivity index is 2.29. The largest absolute Gasteiger partial charge is 0.383 e. The molecule has 0 aromatic rings. The van der Waals surface area contributed by atoms with Crippen LogP contribution in [0, 0.1) is 5.92 Å². The first-order valence-electron chi connectivity index (χ1n) is 7.10. The number of carbonyl (C=O) groups is 1. The maximum atomic E-state index is 12.0. The number of methoxy groups -OCH3 is 1. The molecule has 1 aliphatic carbocycles. The first-order valence-corrected chi connectivity index (χ1v) is 8.22. The molecule has 0 aromatic heterocycles. The first-order chi connectivity index (χ1) is 8.76. The lowest BCUT2D eigenvalue weighted by molar-refractivity contribution is -0.123. The topological polar surface area (TPSA) is 38.3 Å². The van der Waals surface area contributed by atoms with Crippen LogP contribution in [0.4, 0.5) is 0 Å². The molecule has 3 nitrogen and oxygen atoms in total. The number of rotatable bonds is 7. The number of ether oxygens (including phenoxy) is 1. The van der Waals surface area contributed by atoms with Crippen LogP contribution in [0.25, 0.3) is 0 Å². The van der Waals surface area contributed by atoms with Crippen molar-refractivity contribution in [2.75, 3.05) is 19.0 Å². The van der Waals surface area contributed by atoms with E-state index in [1.807, 2.05) is 0 Å². The Labute approximate surface area is 119 Å². The zero-order chi connectivity index (χ0) is 13.2. The molecule has 1 atom stereocenters. The second kappa shape index (κ2) is 9.79. The van der Waals surface area contributed by atoms with Gasteiger partial charge in [0, 0.05) is 18.9 Å². The molecule has 0 bridgehead atoms. The van der Waals surface area contributed by atoms with Crippen molar-refractivity contribution in [3.05, 3.63) is 0 Å². The Morgan fingerprint density at radius 3 is 2.56 bits per heavy atom. The number of amides is 1. The van der Waals surface area contributed by atoms with Crippen molar-refractivity contribution in [3.63, 3.8) is 0 Å². The van der Waals surface area contributed by atoms with Gasteiger partial charge in [0.05, 0.1) is 12.6 Å². The van der Waals surface area contributed by atoms with Gasteiger partial charge in [-0.2, -0.15) is 0 Å². The average Bonchev–Trinajstić information content (AvgIpc) is 2.58. The first kappa shape index (κ1) is 16.0. The fourth-order valence-electron chi connectivity index (χ4n) is 2.65. The summed E-state index contributed by atoms with van der Waals surface area (Å²) in [7, 11) is 1.68. The zero-order valence-electron chi connectivity index (χ0n) is 11.4. The Morgan fingerprint density at radius 1 is 1.33 bits per heavy atom. The Kier molecular flexibility index (Phi) is 8.68. The van der Waals surface area contributed by atoms with Crippen LogP contribution in [0.2, 0.25) is 0 Å². The van der Waals surface area contributed by atoms with Crippen LogP contribution in [0.5, 0.6) is 0 Å². The molecule has 106 valence electrons. The van der Waals surface area contributed by atoms with E-state index in [2.05, 4.69) is 21.2 Å². The molecular formula is C14H26BrNO2. The zero-order valence-corrected chi connectivity index (χ0v) is 13.0. The van der Waals surface area contributed by atoms with Crippen LogP contribution < -0.4 is 5.32 Å². The predicted octanol–water partition coefficient (Wildman–Crippen LogP) is 3.26. The molecular weight excluding hydrogens is 294 g/mol. The van der Waals surface area contributed by atoms with Crippen molar-refractivity contribution in [2.45, 2.75) is 57.4 Å². The van der Waals surface area contributed by atoms with Crippen LogP contribution in [-0.2, 0) is 9.53 Å². The van der Waals surface area contributed by atoms with Gasteiger partial charge < -0.3 is 10.1 Å². The van der Waals surface area contributed by atoms with Crippen molar-refractivity contribution in [1.29, 1.82) is 0 Å². The van der Waals surface area contributed by atoms with Crippen LogP contribution >= 0.6 is 15.9 Å². The fraction of sp³-hybridized carbons (Fsp3) is 0.929. The molecule has 4 heteroatoms. The van der Waals surface area contributed by atoms with E-state index < -0.39 is 0 Å². The molecule has 18 heavy (non-hydrogen) atoms. The third-order valence-corrected chi connectivity index (χ3v) is 4.10. The number of nitrogens with one attached hydrogen (secondary N) is 1. The third kappa shape index (κ3) is 6.74. The number of hydrogen-bond donors (Lipinski definition) is 1. The average molecular weight is 320 g/mol. The van der Waals surface area contributed by atoms with Gasteiger partial charge in [-0.15, -0.1) is 0 Å². The van der Waals surface area contributed by atoms with Crippen molar-refractivity contribution < 1.29 is 9.53 Å². The summed E-state index contributed by atoms with van der Waals surface area (Å²) < 4.78 is 5.13. The summed E-state index contributed by atoms with van der Waals surface area (Å²) in [5.74, 6) is 0.796. The van der Waals surface area contributed by atoms with Crippen molar-refractivity contribution >= 4 is 21.8 Å². The molecule has 1 unspecified atom stereocenters. The van der Waals surface area contributed by atoms with Gasteiger partial charge in [0.1, 0.15) is 0 Å². The minimum Gasteiger partial charge on any atom is -0.383 e. The lowest BCUT2D eigenvalue weighted by Gasteiger charge is -2.19. The van der Waals surface area contributed by atoms with Gasteiger partial charge in [-0.25, -0.2) is 0 Å². The minimum absolute atomic E-state index is 0.146. The second-order valence-electron chi connectivity index (χ2n) is 5.26. The molecule has 1 saturated carbocycles. The van der Waals surface area contributed by atoms with Gasteiger partial charge in [0.25, 0.3) is 0 Å². The van der Waals surface area contributed by atoms with Crippen molar-refractivity contribution in [3.8, 4) is 0 Å². The number of halogens is 1. The van der Waals surface area contributed by atoms with E-state index in [-0.39, 0.29) is 11.9 Å². The molecule has 1 fully saturated rings. The maximum Gasteiger partial charge on any atom is 0.220 e. The highest BCUT2D eigenvalue weighted by Gasteiger charge is 2.18. The molecule has 0 aromatic carbocycles. The molecule has 0 radical (unpaired) electrons. The summed E-state index contributed by atoms with van der Waals surface area (Å²) >= 11 is 3.41. The summed E-state index contributed by atoms with van der Waals surface area (Å²) in [5, 5.41) is 3.99. The van der Waals surface area contributed by atoms with Gasteiger partial charge in [-0.1, -0.05) is 41.6 Å². The highest BCUT2D eigenvalue weighted by molar-refractivity contribution is 9.09.